The van der Waals surface area contributed by atoms with Gasteiger partial charge in [-0.2, -0.15) is 8.42 Å². The minimum atomic E-state index is -4.22. The summed E-state index contributed by atoms with van der Waals surface area (Å²) in [4.78, 5) is 36.9. The molecule has 1 atom stereocenters. The fraction of sp³-hybridized carbons (Fsp3) is 0.423. The van der Waals surface area contributed by atoms with Gasteiger partial charge in [0.25, 0.3) is 15.9 Å². The van der Waals surface area contributed by atoms with Crippen molar-refractivity contribution in [2.24, 2.45) is 5.92 Å². The van der Waals surface area contributed by atoms with E-state index in [4.69, 9.17) is 0 Å². The molecule has 1 N–H and O–H groups in total. The Labute approximate surface area is 223 Å². The van der Waals surface area contributed by atoms with Crippen molar-refractivity contribution in [2.75, 3.05) is 47.4 Å². The number of aromatic nitrogens is 4. The first-order valence-electron chi connectivity index (χ1n) is 12.7. The van der Waals surface area contributed by atoms with Crippen LogP contribution in [0.4, 0.5) is 17.6 Å². The van der Waals surface area contributed by atoms with Gasteiger partial charge >= 0.3 is 0 Å². The van der Waals surface area contributed by atoms with Crippen LogP contribution in [0.1, 0.15) is 37.6 Å². The highest BCUT2D eigenvalue weighted by Crippen LogP contribution is 2.37. The molecular formula is C26H32N8O3S. The van der Waals surface area contributed by atoms with Crippen LogP contribution in [0, 0.1) is 5.92 Å². The first-order chi connectivity index (χ1) is 18.1. The maximum Gasteiger partial charge on any atom is 0.281 e. The number of nitrogens with zero attached hydrogens (tertiary/aromatic N) is 7. The van der Waals surface area contributed by atoms with Crippen molar-refractivity contribution >= 4 is 33.5 Å². The largest absolute Gasteiger partial charge is 0.353 e. The highest BCUT2D eigenvalue weighted by molar-refractivity contribution is 7.90. The zero-order valence-electron chi connectivity index (χ0n) is 21.8. The number of carbonyl (C=O) groups excluding carboxylic acids is 1. The number of pyridine rings is 2. The van der Waals surface area contributed by atoms with Gasteiger partial charge in [-0.1, -0.05) is 13.0 Å². The van der Waals surface area contributed by atoms with Gasteiger partial charge in [0.1, 0.15) is 11.6 Å². The Bertz CT molecular complexity index is 1410. The predicted molar refractivity (Wildman–Crippen MR) is 145 cm³/mol. The highest BCUT2D eigenvalue weighted by Gasteiger charge is 2.39. The van der Waals surface area contributed by atoms with E-state index in [1.54, 1.807) is 48.9 Å². The number of nitrogens with one attached hydrogen (secondary N) is 1. The second-order valence-electron chi connectivity index (χ2n) is 10.4. The Hall–Kier alpha value is -3.80. The number of sulfonamides is 1. The Kier molecular flexibility index (Phi) is 6.91. The number of hydrogen-bond acceptors (Lipinski definition) is 10. The summed E-state index contributed by atoms with van der Waals surface area (Å²) in [6.45, 7) is 9.71. The molecule has 3 aromatic rings. The average Bonchev–Trinajstić information content (AvgIpc) is 3.20. The lowest BCUT2D eigenvalue weighted by atomic mass is 9.97. The Morgan fingerprint density at radius 3 is 2.32 bits per heavy atom. The maximum atomic E-state index is 13.2. The van der Waals surface area contributed by atoms with Crippen LogP contribution in [-0.2, 0) is 10.0 Å². The van der Waals surface area contributed by atoms with Gasteiger partial charge in [0.2, 0.25) is 5.95 Å². The molecule has 1 unspecified atom stereocenters. The fourth-order valence-electron chi connectivity index (χ4n) is 5.30. The monoisotopic (exact) mass is 536 g/mol. The van der Waals surface area contributed by atoms with E-state index in [1.165, 1.54) is 6.07 Å². The standard InChI is InChI=1S/C26H32N8O3S/c1-19-17-26(2,3)34(18-19)23-20(7-5-10-27-23)24(35)31-38(36,37)22-9-4-8-21(30-22)32-13-15-33(16-14-32)25-28-11-6-12-29-25/h4-12,19H,13-18H2,1-3H3,(H,31,35). The summed E-state index contributed by atoms with van der Waals surface area (Å²) in [5.41, 5.74) is 0.0162. The fourth-order valence-corrected chi connectivity index (χ4v) is 6.23. The third-order valence-corrected chi connectivity index (χ3v) is 8.24. The molecule has 1 amide bonds. The van der Waals surface area contributed by atoms with Gasteiger partial charge in [-0.05, 0) is 56.5 Å². The first-order valence-corrected chi connectivity index (χ1v) is 14.2. The van der Waals surface area contributed by atoms with E-state index in [-0.39, 0.29) is 16.1 Å². The van der Waals surface area contributed by atoms with Crippen molar-refractivity contribution in [2.45, 2.75) is 37.8 Å². The molecule has 2 saturated heterocycles. The van der Waals surface area contributed by atoms with Crippen molar-refractivity contribution in [1.29, 1.82) is 0 Å². The van der Waals surface area contributed by atoms with Crippen molar-refractivity contribution in [3.63, 3.8) is 0 Å². The van der Waals surface area contributed by atoms with Crippen LogP contribution in [0.25, 0.3) is 0 Å². The number of anilines is 3. The number of rotatable bonds is 6. The van der Waals surface area contributed by atoms with Crippen molar-refractivity contribution in [3.05, 3.63) is 60.6 Å². The molecule has 0 bridgehead atoms. The molecule has 12 heteroatoms. The zero-order chi connectivity index (χ0) is 26.9. The highest BCUT2D eigenvalue weighted by atomic mass is 32.2. The Morgan fingerprint density at radius 2 is 1.63 bits per heavy atom. The van der Waals surface area contributed by atoms with E-state index in [9.17, 15) is 13.2 Å². The third kappa shape index (κ3) is 5.26. The molecule has 2 fully saturated rings. The van der Waals surface area contributed by atoms with Gasteiger partial charge in [-0.3, -0.25) is 4.79 Å². The lowest BCUT2D eigenvalue weighted by Crippen LogP contribution is -2.47. The summed E-state index contributed by atoms with van der Waals surface area (Å²) in [7, 11) is -4.22. The van der Waals surface area contributed by atoms with Gasteiger partial charge in [0, 0.05) is 56.9 Å². The molecule has 2 aliphatic rings. The molecule has 0 aromatic carbocycles. The predicted octanol–water partition coefficient (Wildman–Crippen LogP) is 2.34. The molecule has 200 valence electrons. The summed E-state index contributed by atoms with van der Waals surface area (Å²) in [5.74, 6) is 1.38. The summed E-state index contributed by atoms with van der Waals surface area (Å²) in [5, 5.41) is -0.210. The minimum absolute atomic E-state index is 0.200. The number of amides is 1. The molecule has 0 aliphatic carbocycles. The Balaban J connectivity index is 1.31. The van der Waals surface area contributed by atoms with Gasteiger partial charge in [0.15, 0.2) is 5.03 Å². The van der Waals surface area contributed by atoms with E-state index in [1.807, 2.05) is 4.90 Å². The third-order valence-electron chi connectivity index (χ3n) is 7.01. The summed E-state index contributed by atoms with van der Waals surface area (Å²) < 4.78 is 28.7. The second kappa shape index (κ2) is 10.2. The lowest BCUT2D eigenvalue weighted by Gasteiger charge is -2.35. The first kappa shape index (κ1) is 25.8. The minimum Gasteiger partial charge on any atom is -0.353 e. The van der Waals surface area contributed by atoms with Crippen LogP contribution in [0.5, 0.6) is 0 Å². The van der Waals surface area contributed by atoms with Crippen molar-refractivity contribution in [1.82, 2.24) is 24.7 Å². The number of carbonyl (C=O) groups is 1. The molecule has 2 aliphatic heterocycles. The summed E-state index contributed by atoms with van der Waals surface area (Å²) >= 11 is 0. The van der Waals surface area contributed by atoms with Gasteiger partial charge in [-0.15, -0.1) is 0 Å². The zero-order valence-corrected chi connectivity index (χ0v) is 22.6. The average molecular weight is 537 g/mol. The van der Waals surface area contributed by atoms with Crippen molar-refractivity contribution in [3.8, 4) is 0 Å². The second-order valence-corrected chi connectivity index (χ2v) is 12.0. The van der Waals surface area contributed by atoms with E-state index in [0.717, 1.165) is 13.0 Å². The van der Waals surface area contributed by atoms with Crippen LogP contribution in [0.3, 0.4) is 0 Å². The Morgan fingerprint density at radius 1 is 0.947 bits per heavy atom. The van der Waals surface area contributed by atoms with Crippen LogP contribution in [-0.4, -0.2) is 72.5 Å². The van der Waals surface area contributed by atoms with E-state index < -0.39 is 15.9 Å². The van der Waals surface area contributed by atoms with Crippen LogP contribution in [0.15, 0.2) is 60.0 Å². The molecular weight excluding hydrogens is 504 g/mol. The summed E-state index contributed by atoms with van der Waals surface area (Å²) in [6.07, 6.45) is 5.99. The maximum absolute atomic E-state index is 13.2. The van der Waals surface area contributed by atoms with Gasteiger partial charge < -0.3 is 14.7 Å². The topological polar surface area (TPSA) is 125 Å². The molecule has 0 saturated carbocycles. The molecule has 5 heterocycles. The van der Waals surface area contributed by atoms with Gasteiger partial charge in [-0.25, -0.2) is 24.7 Å². The molecule has 3 aromatic heterocycles. The number of piperazine rings is 1. The van der Waals surface area contributed by atoms with Gasteiger partial charge in [0.05, 0.1) is 5.56 Å². The molecule has 0 spiro atoms. The number of hydrogen-bond donors (Lipinski definition) is 1. The smallest absolute Gasteiger partial charge is 0.281 e. The van der Waals surface area contributed by atoms with Crippen molar-refractivity contribution < 1.29 is 13.2 Å². The molecule has 5 rings (SSSR count). The van der Waals surface area contributed by atoms with Crippen LogP contribution >= 0.6 is 0 Å². The van der Waals surface area contributed by atoms with E-state index in [0.29, 0.717) is 49.7 Å². The quantitative estimate of drug-likeness (QED) is 0.502. The molecule has 0 radical (unpaired) electrons. The molecule has 38 heavy (non-hydrogen) atoms. The van der Waals surface area contributed by atoms with Crippen LogP contribution < -0.4 is 19.4 Å². The lowest BCUT2D eigenvalue weighted by molar-refractivity contribution is 0.0981. The molecule has 11 nitrogen and oxygen atoms in total. The van der Waals surface area contributed by atoms with Crippen LogP contribution in [0.2, 0.25) is 0 Å². The SMILES string of the molecule is CC1CN(c2ncccc2C(=O)NS(=O)(=O)c2cccc(N3CCN(c4ncccn4)CC3)n2)C(C)(C)C1. The van der Waals surface area contributed by atoms with E-state index in [2.05, 4.69) is 55.2 Å². The summed E-state index contributed by atoms with van der Waals surface area (Å²) in [6, 6.07) is 9.81. The normalized spacial score (nSPS) is 19.4. The van der Waals surface area contributed by atoms with E-state index >= 15 is 0 Å².